The lowest BCUT2D eigenvalue weighted by Gasteiger charge is -2.18. The first-order valence-electron chi connectivity index (χ1n) is 9.65. The van der Waals surface area contributed by atoms with Crippen molar-refractivity contribution in [2.24, 2.45) is 17.8 Å². The minimum atomic E-state index is -0.297. The van der Waals surface area contributed by atoms with Crippen LogP contribution in [-0.2, 0) is 4.79 Å². The van der Waals surface area contributed by atoms with E-state index in [1.54, 1.807) is 17.4 Å². The SMILES string of the molecule is Cc1ccsc1-c1nn(NC(=O)C[C@@H]2C[C@H]3C=C[C@H]2C3)c(=O)c2ccccc12. The molecule has 2 aromatic heterocycles. The Bertz CT molecular complexity index is 1160. The highest BCUT2D eigenvalue weighted by Crippen LogP contribution is 2.44. The van der Waals surface area contributed by atoms with Gasteiger partial charge in [-0.3, -0.25) is 9.59 Å². The number of rotatable bonds is 4. The van der Waals surface area contributed by atoms with E-state index < -0.39 is 0 Å². The van der Waals surface area contributed by atoms with Gasteiger partial charge in [0.05, 0.1) is 10.3 Å². The van der Waals surface area contributed by atoms with Gasteiger partial charge in [0.25, 0.3) is 5.56 Å². The molecule has 0 aliphatic heterocycles. The van der Waals surface area contributed by atoms with E-state index in [1.165, 1.54) is 0 Å². The summed E-state index contributed by atoms with van der Waals surface area (Å²) in [5, 5.41) is 7.91. The maximum absolute atomic E-state index is 12.9. The number of allylic oxidation sites excluding steroid dienone is 2. The Morgan fingerprint density at radius 3 is 2.71 bits per heavy atom. The van der Waals surface area contributed by atoms with Crippen molar-refractivity contribution < 1.29 is 4.79 Å². The molecule has 0 saturated heterocycles. The van der Waals surface area contributed by atoms with E-state index in [-0.39, 0.29) is 11.5 Å². The number of carbonyl (C=O) groups excluding carboxylic acids is 1. The normalized spacial score (nSPS) is 22.8. The van der Waals surface area contributed by atoms with E-state index in [2.05, 4.69) is 22.7 Å². The Morgan fingerprint density at radius 1 is 1.21 bits per heavy atom. The van der Waals surface area contributed by atoms with Crippen molar-refractivity contribution in [2.75, 3.05) is 5.43 Å². The summed E-state index contributed by atoms with van der Waals surface area (Å²) in [7, 11) is 0. The molecule has 5 rings (SSSR count). The van der Waals surface area contributed by atoms with Crippen LogP contribution < -0.4 is 11.0 Å². The molecular formula is C22H21N3O2S. The molecule has 2 bridgehead atoms. The zero-order valence-electron chi connectivity index (χ0n) is 15.6. The fourth-order valence-electron chi connectivity index (χ4n) is 4.58. The zero-order valence-corrected chi connectivity index (χ0v) is 16.4. The molecule has 1 fully saturated rings. The minimum absolute atomic E-state index is 0.148. The quantitative estimate of drug-likeness (QED) is 0.681. The number of carbonyl (C=O) groups is 1. The second-order valence-electron chi connectivity index (χ2n) is 7.82. The molecule has 1 amide bonds. The van der Waals surface area contributed by atoms with Gasteiger partial charge in [-0.2, -0.15) is 0 Å². The molecule has 1 N–H and O–H groups in total. The maximum atomic E-state index is 12.9. The van der Waals surface area contributed by atoms with E-state index in [4.69, 9.17) is 0 Å². The highest BCUT2D eigenvalue weighted by Gasteiger charge is 2.36. The first-order chi connectivity index (χ1) is 13.6. The molecule has 2 aliphatic carbocycles. The number of amides is 1. The number of hydrogen-bond donors (Lipinski definition) is 1. The van der Waals surface area contributed by atoms with Gasteiger partial charge in [-0.1, -0.05) is 30.4 Å². The van der Waals surface area contributed by atoms with Gasteiger partial charge in [-0.25, -0.2) is 5.43 Å². The number of benzene rings is 1. The second-order valence-corrected chi connectivity index (χ2v) is 8.74. The molecule has 2 aliphatic rings. The Balaban J connectivity index is 1.50. The fraction of sp³-hybridized carbons (Fsp3) is 0.318. The number of hydrogen-bond acceptors (Lipinski definition) is 4. The molecule has 0 radical (unpaired) electrons. The molecule has 0 spiro atoms. The molecule has 6 heteroatoms. The molecule has 0 unspecified atom stereocenters. The monoisotopic (exact) mass is 391 g/mol. The van der Waals surface area contributed by atoms with Crippen LogP contribution in [0.3, 0.4) is 0 Å². The standard InChI is InChI=1S/C22H21N3O2S/c1-13-8-9-28-21(13)20-17-4-2-3-5-18(17)22(27)25(24-20)23-19(26)12-16-11-14-6-7-15(16)10-14/h2-9,14-16H,10-12H2,1H3,(H,23,26)/t14-,15-,16-/m0/s1. The van der Waals surface area contributed by atoms with Crippen molar-refractivity contribution in [1.29, 1.82) is 0 Å². The zero-order chi connectivity index (χ0) is 19.3. The summed E-state index contributed by atoms with van der Waals surface area (Å²) in [6.07, 6.45) is 7.16. The van der Waals surface area contributed by atoms with Gasteiger partial charge in [0.2, 0.25) is 5.91 Å². The smallest absolute Gasteiger partial charge is 0.273 e. The Kier molecular flexibility index (Phi) is 4.16. The van der Waals surface area contributed by atoms with Crippen LogP contribution in [0.1, 0.15) is 24.8 Å². The van der Waals surface area contributed by atoms with E-state index in [0.717, 1.165) is 39.2 Å². The van der Waals surface area contributed by atoms with Crippen molar-refractivity contribution in [2.45, 2.75) is 26.2 Å². The minimum Gasteiger partial charge on any atom is -0.273 e. The summed E-state index contributed by atoms with van der Waals surface area (Å²) in [6, 6.07) is 9.47. The number of fused-ring (bicyclic) bond motifs is 3. The molecule has 3 aromatic rings. The van der Waals surface area contributed by atoms with Gasteiger partial charge in [0.15, 0.2) is 0 Å². The summed E-state index contributed by atoms with van der Waals surface area (Å²) in [6.45, 7) is 2.03. The van der Waals surface area contributed by atoms with Gasteiger partial charge < -0.3 is 0 Å². The molecule has 1 aromatic carbocycles. The topological polar surface area (TPSA) is 64.0 Å². The van der Waals surface area contributed by atoms with Gasteiger partial charge >= 0.3 is 0 Å². The fourth-order valence-corrected chi connectivity index (χ4v) is 5.50. The van der Waals surface area contributed by atoms with Gasteiger partial charge in [-0.15, -0.1) is 21.2 Å². The number of nitrogens with one attached hydrogen (secondary N) is 1. The predicted molar refractivity (Wildman–Crippen MR) is 112 cm³/mol. The van der Waals surface area contributed by atoms with Crippen molar-refractivity contribution in [1.82, 2.24) is 9.89 Å². The molecule has 5 nitrogen and oxygen atoms in total. The van der Waals surface area contributed by atoms with E-state index in [9.17, 15) is 9.59 Å². The number of thiophene rings is 1. The van der Waals surface area contributed by atoms with Crippen LogP contribution >= 0.6 is 11.3 Å². The second kappa shape index (κ2) is 6.71. The number of aryl methyl sites for hydroxylation is 1. The molecule has 142 valence electrons. The van der Waals surface area contributed by atoms with Crippen LogP contribution in [0, 0.1) is 24.7 Å². The lowest BCUT2D eigenvalue weighted by Crippen LogP contribution is -2.36. The predicted octanol–water partition coefficient (Wildman–Crippen LogP) is 4.11. The van der Waals surface area contributed by atoms with E-state index in [0.29, 0.717) is 29.6 Å². The largest absolute Gasteiger partial charge is 0.294 e. The van der Waals surface area contributed by atoms with Crippen molar-refractivity contribution >= 4 is 28.0 Å². The van der Waals surface area contributed by atoms with E-state index in [1.807, 2.05) is 36.6 Å². The molecule has 28 heavy (non-hydrogen) atoms. The first-order valence-corrected chi connectivity index (χ1v) is 10.5. The average Bonchev–Trinajstić information content (AvgIpc) is 3.41. The Hall–Kier alpha value is -2.73. The van der Waals surface area contributed by atoms with Crippen molar-refractivity contribution in [3.05, 3.63) is 63.8 Å². The Morgan fingerprint density at radius 2 is 2.04 bits per heavy atom. The van der Waals surface area contributed by atoms with Crippen molar-refractivity contribution in [3.8, 4) is 10.6 Å². The van der Waals surface area contributed by atoms with Gasteiger partial charge in [0.1, 0.15) is 5.69 Å². The number of nitrogens with zero attached hydrogens (tertiary/aromatic N) is 2. The highest BCUT2D eigenvalue weighted by molar-refractivity contribution is 7.13. The third kappa shape index (κ3) is 2.88. The highest BCUT2D eigenvalue weighted by atomic mass is 32.1. The summed E-state index contributed by atoms with van der Waals surface area (Å²) >= 11 is 1.59. The van der Waals surface area contributed by atoms with E-state index >= 15 is 0 Å². The van der Waals surface area contributed by atoms with Crippen LogP contribution in [0.2, 0.25) is 0 Å². The van der Waals surface area contributed by atoms with Gasteiger partial charge in [0, 0.05) is 11.8 Å². The summed E-state index contributed by atoms with van der Waals surface area (Å²) < 4.78 is 0. The third-order valence-electron chi connectivity index (χ3n) is 5.98. The van der Waals surface area contributed by atoms with Crippen LogP contribution in [0.4, 0.5) is 0 Å². The molecule has 2 heterocycles. The Labute approximate surface area is 166 Å². The molecular weight excluding hydrogens is 370 g/mol. The van der Waals surface area contributed by atoms with Crippen molar-refractivity contribution in [3.63, 3.8) is 0 Å². The van der Waals surface area contributed by atoms with Crippen LogP contribution in [-0.4, -0.2) is 15.8 Å². The average molecular weight is 391 g/mol. The third-order valence-corrected chi connectivity index (χ3v) is 7.00. The summed E-state index contributed by atoms with van der Waals surface area (Å²) in [5.41, 5.74) is 4.28. The molecule has 1 saturated carbocycles. The van der Waals surface area contributed by atoms with Crippen LogP contribution in [0.5, 0.6) is 0 Å². The maximum Gasteiger partial charge on any atom is 0.294 e. The first kappa shape index (κ1) is 17.4. The van der Waals surface area contributed by atoms with Crippen LogP contribution in [0.15, 0.2) is 52.7 Å². The lowest BCUT2D eigenvalue weighted by atomic mass is 9.90. The van der Waals surface area contributed by atoms with Crippen LogP contribution in [0.25, 0.3) is 21.3 Å². The van der Waals surface area contributed by atoms with Gasteiger partial charge in [-0.05, 0) is 60.6 Å². The molecule has 3 atom stereocenters. The summed E-state index contributed by atoms with van der Waals surface area (Å²) in [5.74, 6) is 1.34. The number of aromatic nitrogens is 2. The lowest BCUT2D eigenvalue weighted by molar-refractivity contribution is -0.118. The summed E-state index contributed by atoms with van der Waals surface area (Å²) in [4.78, 5) is 27.7.